The summed E-state index contributed by atoms with van der Waals surface area (Å²) in [5.41, 5.74) is 3.14. The molecule has 2 heterocycles. The molecule has 0 radical (unpaired) electrons. The summed E-state index contributed by atoms with van der Waals surface area (Å²) >= 11 is 0. The molecule has 2 aliphatic rings. The van der Waals surface area contributed by atoms with Crippen LogP contribution in [0.4, 0.5) is 10.5 Å². The number of amides is 3. The maximum atomic E-state index is 13.6. The van der Waals surface area contributed by atoms with Crippen LogP contribution in [0.15, 0.2) is 54.6 Å². The summed E-state index contributed by atoms with van der Waals surface area (Å²) < 4.78 is 0. The van der Waals surface area contributed by atoms with Crippen LogP contribution in [0.5, 0.6) is 0 Å². The summed E-state index contributed by atoms with van der Waals surface area (Å²) in [6.07, 6.45) is 1.86. The van der Waals surface area contributed by atoms with Gasteiger partial charge in [-0.3, -0.25) is 9.69 Å². The quantitative estimate of drug-likeness (QED) is 0.778. The third kappa shape index (κ3) is 4.96. The van der Waals surface area contributed by atoms with Crippen molar-refractivity contribution < 1.29 is 9.59 Å². The number of fused-ring (bicyclic) bond motifs is 1. The molecule has 32 heavy (non-hydrogen) atoms. The summed E-state index contributed by atoms with van der Waals surface area (Å²) in [7, 11) is 0. The Labute approximate surface area is 191 Å². The standard InChI is InChI=1S/C26H34N4O2/c1-3-20(2)24-25(31)27-23-12-8-7-11-22(23)19-30(24)26(32)29-17-15-28(16-18-29)14-13-21-9-5-4-6-10-21/h4-12,20,24H,3,13-19H2,1-2H3,(H,27,31)/t20-,24-/m0/s1. The Kier molecular flexibility index (Phi) is 7.10. The SMILES string of the molecule is CC[C@H](C)[C@H]1C(=O)Nc2ccccc2CN1C(=O)N1CCN(CCc2ccccc2)CC1. The highest BCUT2D eigenvalue weighted by Crippen LogP contribution is 2.28. The van der Waals surface area contributed by atoms with Crippen LogP contribution in [0.1, 0.15) is 31.4 Å². The number of benzene rings is 2. The first-order valence-corrected chi connectivity index (χ1v) is 11.8. The number of carbonyl (C=O) groups excluding carboxylic acids is 2. The van der Waals surface area contributed by atoms with Gasteiger partial charge in [0.05, 0.1) is 6.54 Å². The van der Waals surface area contributed by atoms with Gasteiger partial charge in [-0.05, 0) is 29.5 Å². The van der Waals surface area contributed by atoms with Crippen molar-refractivity contribution in [3.8, 4) is 0 Å². The van der Waals surface area contributed by atoms with Crippen LogP contribution >= 0.6 is 0 Å². The molecule has 2 atom stereocenters. The lowest BCUT2D eigenvalue weighted by Crippen LogP contribution is -2.57. The van der Waals surface area contributed by atoms with Gasteiger partial charge in [0.1, 0.15) is 6.04 Å². The van der Waals surface area contributed by atoms with Crippen molar-refractivity contribution in [2.24, 2.45) is 5.92 Å². The first-order chi connectivity index (χ1) is 15.6. The molecular formula is C26H34N4O2. The first kappa shape index (κ1) is 22.3. The largest absolute Gasteiger partial charge is 0.324 e. The third-order valence-corrected chi connectivity index (χ3v) is 6.85. The molecule has 0 spiro atoms. The molecule has 6 nitrogen and oxygen atoms in total. The molecule has 0 saturated carbocycles. The lowest BCUT2D eigenvalue weighted by molar-refractivity contribution is -0.122. The van der Waals surface area contributed by atoms with Crippen molar-refractivity contribution in [3.05, 3.63) is 65.7 Å². The van der Waals surface area contributed by atoms with Crippen LogP contribution < -0.4 is 5.32 Å². The predicted octanol–water partition coefficient (Wildman–Crippen LogP) is 3.84. The molecule has 1 saturated heterocycles. The van der Waals surface area contributed by atoms with E-state index in [0.29, 0.717) is 19.6 Å². The minimum atomic E-state index is -0.462. The second-order valence-corrected chi connectivity index (χ2v) is 8.95. The maximum Gasteiger partial charge on any atom is 0.321 e. The van der Waals surface area contributed by atoms with Crippen molar-refractivity contribution in [1.29, 1.82) is 0 Å². The highest BCUT2D eigenvalue weighted by molar-refractivity contribution is 5.98. The van der Waals surface area contributed by atoms with E-state index in [4.69, 9.17) is 0 Å². The minimum absolute atomic E-state index is 0.0233. The molecule has 0 aromatic heterocycles. The molecule has 3 amide bonds. The Morgan fingerprint density at radius 2 is 1.72 bits per heavy atom. The molecule has 2 aromatic carbocycles. The van der Waals surface area contributed by atoms with E-state index < -0.39 is 6.04 Å². The fourth-order valence-corrected chi connectivity index (χ4v) is 4.66. The number of anilines is 1. The zero-order valence-electron chi connectivity index (χ0n) is 19.2. The highest BCUT2D eigenvalue weighted by Gasteiger charge is 2.38. The van der Waals surface area contributed by atoms with Gasteiger partial charge >= 0.3 is 6.03 Å². The van der Waals surface area contributed by atoms with Crippen molar-refractivity contribution in [1.82, 2.24) is 14.7 Å². The van der Waals surface area contributed by atoms with Crippen molar-refractivity contribution >= 4 is 17.6 Å². The van der Waals surface area contributed by atoms with Crippen LogP contribution in [0.3, 0.4) is 0 Å². The summed E-state index contributed by atoms with van der Waals surface area (Å²) in [4.78, 5) is 32.9. The number of nitrogens with zero attached hydrogens (tertiary/aromatic N) is 3. The number of rotatable bonds is 5. The van der Waals surface area contributed by atoms with Crippen molar-refractivity contribution in [2.45, 2.75) is 39.3 Å². The van der Waals surface area contributed by atoms with Gasteiger partial charge in [-0.1, -0.05) is 68.8 Å². The van der Waals surface area contributed by atoms with E-state index >= 15 is 0 Å². The summed E-state index contributed by atoms with van der Waals surface area (Å²) in [6.45, 7) is 8.71. The molecule has 6 heteroatoms. The number of carbonyl (C=O) groups is 2. The van der Waals surface area contributed by atoms with Crippen LogP contribution in [0.25, 0.3) is 0 Å². The van der Waals surface area contributed by atoms with Crippen LogP contribution in [-0.4, -0.2) is 65.4 Å². The van der Waals surface area contributed by atoms with E-state index in [9.17, 15) is 9.59 Å². The zero-order chi connectivity index (χ0) is 22.5. The number of urea groups is 1. The van der Waals surface area contributed by atoms with Crippen molar-refractivity contribution in [2.75, 3.05) is 38.0 Å². The van der Waals surface area contributed by atoms with Gasteiger partial charge in [-0.25, -0.2) is 4.79 Å². The summed E-state index contributed by atoms with van der Waals surface area (Å²) in [5.74, 6) is -0.000397. The smallest absolute Gasteiger partial charge is 0.321 e. The molecule has 0 unspecified atom stereocenters. The average Bonchev–Trinajstić information content (AvgIpc) is 2.98. The molecular weight excluding hydrogens is 400 g/mol. The van der Waals surface area contributed by atoms with Gasteiger partial charge in [-0.15, -0.1) is 0 Å². The van der Waals surface area contributed by atoms with E-state index in [2.05, 4.69) is 48.3 Å². The van der Waals surface area contributed by atoms with E-state index in [0.717, 1.165) is 43.7 Å². The molecule has 2 aliphatic heterocycles. The summed E-state index contributed by atoms with van der Waals surface area (Å²) in [6, 6.07) is 17.8. The van der Waals surface area contributed by atoms with Crippen LogP contribution in [-0.2, 0) is 17.8 Å². The van der Waals surface area contributed by atoms with Gasteiger partial charge in [0.2, 0.25) is 5.91 Å². The fraction of sp³-hybridized carbons (Fsp3) is 0.462. The molecule has 0 bridgehead atoms. The normalized spacial score (nSPS) is 20.3. The van der Waals surface area contributed by atoms with Gasteiger partial charge in [-0.2, -0.15) is 0 Å². The maximum absolute atomic E-state index is 13.6. The van der Waals surface area contributed by atoms with Gasteiger partial charge < -0.3 is 15.1 Å². The number of para-hydroxylation sites is 1. The Morgan fingerprint density at radius 1 is 1.03 bits per heavy atom. The molecule has 0 aliphatic carbocycles. The Hall–Kier alpha value is -2.86. The number of hydrogen-bond acceptors (Lipinski definition) is 3. The Morgan fingerprint density at radius 3 is 2.44 bits per heavy atom. The predicted molar refractivity (Wildman–Crippen MR) is 127 cm³/mol. The minimum Gasteiger partial charge on any atom is -0.324 e. The number of nitrogens with one attached hydrogen (secondary N) is 1. The highest BCUT2D eigenvalue weighted by atomic mass is 16.2. The van der Waals surface area contributed by atoms with E-state index in [-0.39, 0.29) is 17.9 Å². The van der Waals surface area contributed by atoms with Crippen LogP contribution in [0.2, 0.25) is 0 Å². The molecule has 2 aromatic rings. The second-order valence-electron chi connectivity index (χ2n) is 8.95. The summed E-state index contributed by atoms with van der Waals surface area (Å²) in [5, 5.41) is 3.06. The molecule has 4 rings (SSSR count). The molecule has 170 valence electrons. The van der Waals surface area contributed by atoms with Gasteiger partial charge in [0, 0.05) is 38.4 Å². The van der Waals surface area contributed by atoms with E-state index in [1.54, 1.807) is 4.90 Å². The molecule has 1 N–H and O–H groups in total. The number of piperazine rings is 1. The second kappa shape index (κ2) is 10.2. The van der Waals surface area contributed by atoms with Gasteiger partial charge in [0.15, 0.2) is 0 Å². The monoisotopic (exact) mass is 434 g/mol. The van der Waals surface area contributed by atoms with Gasteiger partial charge in [0.25, 0.3) is 0 Å². The topological polar surface area (TPSA) is 55.9 Å². The van der Waals surface area contributed by atoms with E-state index in [1.807, 2.05) is 35.2 Å². The Bertz CT molecular complexity index is 924. The lowest BCUT2D eigenvalue weighted by atomic mass is 9.97. The Balaban J connectivity index is 1.43. The number of hydrogen-bond donors (Lipinski definition) is 1. The first-order valence-electron chi connectivity index (χ1n) is 11.8. The zero-order valence-corrected chi connectivity index (χ0v) is 19.2. The lowest BCUT2D eigenvalue weighted by Gasteiger charge is -2.40. The van der Waals surface area contributed by atoms with Crippen LogP contribution in [0, 0.1) is 5.92 Å². The fourth-order valence-electron chi connectivity index (χ4n) is 4.66. The van der Waals surface area contributed by atoms with E-state index in [1.165, 1.54) is 5.56 Å². The third-order valence-electron chi connectivity index (χ3n) is 6.85. The molecule has 1 fully saturated rings. The van der Waals surface area contributed by atoms with Crippen molar-refractivity contribution in [3.63, 3.8) is 0 Å². The average molecular weight is 435 g/mol.